The maximum atomic E-state index is 15.7. The summed E-state index contributed by atoms with van der Waals surface area (Å²) in [7, 11) is 1.52. The number of aromatic nitrogens is 1. The highest BCUT2D eigenvalue weighted by atomic mass is 35.5. The van der Waals surface area contributed by atoms with Crippen molar-refractivity contribution in [2.75, 3.05) is 32.5 Å². The summed E-state index contributed by atoms with van der Waals surface area (Å²) in [6.45, 7) is 1.71. The number of hydrogen-bond donors (Lipinski definition) is 1. The molecule has 0 amide bonds. The standard InChI is InChI=1S/C28H29ClF4N2O3S/c1-38-18-2-3-23-19(14-18)26(20(29)16-34-23)21(31)4-5-28(15-25(36)37)6-8-35(9-7-28)10-11-39-24-13-17(30)12-22(32)27(24)33/h2-3,12-14,16,21H,4-11,15H2,1H3,(H,36,37)/t21-/m0/s1. The van der Waals surface area contributed by atoms with Gasteiger partial charge in [0.25, 0.3) is 0 Å². The highest BCUT2D eigenvalue weighted by Gasteiger charge is 2.37. The number of halogens is 5. The maximum absolute atomic E-state index is 15.7. The number of thioether (sulfide) groups is 1. The van der Waals surface area contributed by atoms with E-state index >= 15 is 4.39 Å². The maximum Gasteiger partial charge on any atom is 0.303 e. The number of benzene rings is 2. The molecular formula is C28H29ClF4N2O3S. The fourth-order valence-corrected chi connectivity index (χ4v) is 6.46. The molecule has 5 nitrogen and oxygen atoms in total. The van der Waals surface area contributed by atoms with Crippen molar-refractivity contribution in [2.24, 2.45) is 5.41 Å². The van der Waals surface area contributed by atoms with Crippen LogP contribution in [0.3, 0.4) is 0 Å². The normalized spacial score (nSPS) is 16.4. The highest BCUT2D eigenvalue weighted by Crippen LogP contribution is 2.44. The fourth-order valence-electron chi connectivity index (χ4n) is 5.20. The number of hydrogen-bond acceptors (Lipinski definition) is 5. The van der Waals surface area contributed by atoms with Crippen LogP contribution in [0.25, 0.3) is 10.9 Å². The monoisotopic (exact) mass is 584 g/mol. The number of carboxylic acids is 1. The second-order valence-electron chi connectivity index (χ2n) is 9.87. The molecule has 0 bridgehead atoms. The van der Waals surface area contributed by atoms with Gasteiger partial charge in [-0.15, -0.1) is 11.8 Å². The van der Waals surface area contributed by atoms with Crippen LogP contribution in [0.2, 0.25) is 5.02 Å². The summed E-state index contributed by atoms with van der Waals surface area (Å²) >= 11 is 7.39. The number of pyridine rings is 1. The number of nitrogens with zero attached hydrogens (tertiary/aromatic N) is 2. The van der Waals surface area contributed by atoms with Crippen LogP contribution in [-0.2, 0) is 4.79 Å². The Kier molecular flexibility index (Phi) is 9.61. The molecule has 1 aromatic heterocycles. The topological polar surface area (TPSA) is 62.7 Å². The second-order valence-corrected chi connectivity index (χ2v) is 11.4. The van der Waals surface area contributed by atoms with Crippen molar-refractivity contribution in [3.8, 4) is 5.75 Å². The lowest BCUT2D eigenvalue weighted by Crippen LogP contribution is -2.42. The average molecular weight is 585 g/mol. The van der Waals surface area contributed by atoms with E-state index in [2.05, 4.69) is 9.88 Å². The van der Waals surface area contributed by atoms with E-state index in [1.165, 1.54) is 13.3 Å². The zero-order chi connectivity index (χ0) is 28.2. The first-order valence-electron chi connectivity index (χ1n) is 12.6. The molecular weight excluding hydrogens is 556 g/mol. The molecule has 0 saturated carbocycles. The van der Waals surface area contributed by atoms with E-state index in [0.717, 1.165) is 17.8 Å². The van der Waals surface area contributed by atoms with Crippen LogP contribution >= 0.6 is 23.4 Å². The number of likely N-dealkylation sites (tertiary alicyclic amines) is 1. The van der Waals surface area contributed by atoms with Crippen LogP contribution in [0.1, 0.15) is 43.8 Å². The number of aliphatic carboxylic acids is 1. The Morgan fingerprint density at radius 3 is 2.67 bits per heavy atom. The summed E-state index contributed by atoms with van der Waals surface area (Å²) in [5.74, 6) is -3.09. The number of alkyl halides is 1. The molecule has 1 fully saturated rings. The van der Waals surface area contributed by atoms with Gasteiger partial charge in [-0.2, -0.15) is 0 Å². The van der Waals surface area contributed by atoms with Crippen LogP contribution in [0.15, 0.2) is 41.4 Å². The lowest BCUT2D eigenvalue weighted by atomic mass is 9.71. The second kappa shape index (κ2) is 12.7. The molecule has 2 heterocycles. The number of methoxy groups -OCH3 is 1. The molecule has 210 valence electrons. The van der Waals surface area contributed by atoms with Crippen molar-refractivity contribution >= 4 is 40.2 Å². The molecule has 0 unspecified atom stereocenters. The van der Waals surface area contributed by atoms with Crippen LogP contribution in [0, 0.1) is 22.9 Å². The van der Waals surface area contributed by atoms with Gasteiger partial charge in [-0.05, 0) is 68.5 Å². The summed E-state index contributed by atoms with van der Waals surface area (Å²) in [6, 6.07) is 6.65. The molecule has 0 spiro atoms. The van der Waals surface area contributed by atoms with Crippen LogP contribution in [0.4, 0.5) is 17.6 Å². The van der Waals surface area contributed by atoms with E-state index in [1.807, 2.05) is 0 Å². The average Bonchev–Trinajstić information content (AvgIpc) is 2.90. The molecule has 1 atom stereocenters. The Balaban J connectivity index is 1.39. The van der Waals surface area contributed by atoms with Gasteiger partial charge in [0.2, 0.25) is 0 Å². The third kappa shape index (κ3) is 7.15. The summed E-state index contributed by atoms with van der Waals surface area (Å²) in [6.07, 6.45) is 1.50. The molecule has 1 aliphatic heterocycles. The summed E-state index contributed by atoms with van der Waals surface area (Å²) in [5, 5.41) is 10.4. The molecule has 0 aliphatic carbocycles. The van der Waals surface area contributed by atoms with Crippen LogP contribution in [0.5, 0.6) is 5.75 Å². The van der Waals surface area contributed by atoms with E-state index < -0.39 is 35.0 Å². The molecule has 39 heavy (non-hydrogen) atoms. The van der Waals surface area contributed by atoms with E-state index in [9.17, 15) is 23.1 Å². The minimum absolute atomic E-state index is 0.0747. The minimum Gasteiger partial charge on any atom is -0.497 e. The van der Waals surface area contributed by atoms with Crippen molar-refractivity contribution in [2.45, 2.75) is 43.2 Å². The van der Waals surface area contributed by atoms with Gasteiger partial charge in [0.05, 0.1) is 24.1 Å². The number of ether oxygens (including phenoxy) is 1. The number of rotatable bonds is 11. The van der Waals surface area contributed by atoms with Crippen molar-refractivity contribution in [1.82, 2.24) is 9.88 Å². The van der Waals surface area contributed by atoms with Crippen molar-refractivity contribution in [1.29, 1.82) is 0 Å². The minimum atomic E-state index is -1.42. The Morgan fingerprint density at radius 1 is 1.23 bits per heavy atom. The molecule has 1 N–H and O–H groups in total. The van der Waals surface area contributed by atoms with Gasteiger partial charge >= 0.3 is 5.97 Å². The Bertz CT molecular complexity index is 1340. The first kappa shape index (κ1) is 29.4. The SMILES string of the molecule is COc1ccc2ncc(Cl)c([C@@H](F)CCC3(CC(=O)O)CCN(CCSc4cc(F)cc(F)c4F)CC3)c2c1. The van der Waals surface area contributed by atoms with Crippen molar-refractivity contribution in [3.63, 3.8) is 0 Å². The van der Waals surface area contributed by atoms with E-state index in [-0.39, 0.29) is 22.8 Å². The van der Waals surface area contributed by atoms with Gasteiger partial charge in [0.15, 0.2) is 11.6 Å². The van der Waals surface area contributed by atoms with Crippen LogP contribution < -0.4 is 4.74 Å². The molecule has 3 aromatic rings. The molecule has 1 saturated heterocycles. The molecule has 11 heteroatoms. The van der Waals surface area contributed by atoms with Gasteiger partial charge in [-0.25, -0.2) is 17.6 Å². The van der Waals surface area contributed by atoms with Gasteiger partial charge in [0, 0.05) is 40.4 Å². The first-order chi connectivity index (χ1) is 18.6. The number of fused-ring (bicyclic) bond motifs is 1. The lowest BCUT2D eigenvalue weighted by Gasteiger charge is -2.41. The Hall–Kier alpha value is -2.56. The number of carboxylic acid groups (broad SMARTS) is 1. The first-order valence-corrected chi connectivity index (χ1v) is 13.9. The van der Waals surface area contributed by atoms with Gasteiger partial charge < -0.3 is 14.7 Å². The smallest absolute Gasteiger partial charge is 0.303 e. The zero-order valence-corrected chi connectivity index (χ0v) is 22.9. The fraction of sp³-hybridized carbons (Fsp3) is 0.429. The van der Waals surface area contributed by atoms with Gasteiger partial charge in [-0.3, -0.25) is 9.78 Å². The van der Waals surface area contributed by atoms with E-state index in [0.29, 0.717) is 72.9 Å². The highest BCUT2D eigenvalue weighted by molar-refractivity contribution is 7.99. The zero-order valence-electron chi connectivity index (χ0n) is 21.4. The molecule has 4 rings (SSSR count). The third-order valence-corrected chi connectivity index (χ3v) is 8.67. The number of piperidine rings is 1. The van der Waals surface area contributed by atoms with Crippen LogP contribution in [-0.4, -0.2) is 53.5 Å². The van der Waals surface area contributed by atoms with Gasteiger partial charge in [-0.1, -0.05) is 11.6 Å². The lowest BCUT2D eigenvalue weighted by molar-refractivity contribution is -0.141. The quantitative estimate of drug-likeness (QED) is 0.143. The summed E-state index contributed by atoms with van der Waals surface area (Å²) in [5.41, 5.74) is 0.330. The van der Waals surface area contributed by atoms with E-state index in [4.69, 9.17) is 16.3 Å². The predicted molar refractivity (Wildman–Crippen MR) is 144 cm³/mol. The molecule has 1 aliphatic rings. The Labute approximate surface area is 233 Å². The summed E-state index contributed by atoms with van der Waals surface area (Å²) < 4.78 is 61.8. The molecule has 2 aromatic carbocycles. The Morgan fingerprint density at radius 2 is 1.97 bits per heavy atom. The third-order valence-electron chi connectivity index (χ3n) is 7.38. The van der Waals surface area contributed by atoms with E-state index in [1.54, 1.807) is 18.2 Å². The predicted octanol–water partition coefficient (Wildman–Crippen LogP) is 7.45. The van der Waals surface area contributed by atoms with Crippen molar-refractivity contribution < 1.29 is 32.2 Å². The van der Waals surface area contributed by atoms with Gasteiger partial charge in [0.1, 0.15) is 17.7 Å². The largest absolute Gasteiger partial charge is 0.497 e. The summed E-state index contributed by atoms with van der Waals surface area (Å²) in [4.78, 5) is 18.0. The number of carbonyl (C=O) groups is 1. The van der Waals surface area contributed by atoms with Crippen molar-refractivity contribution in [3.05, 3.63) is 64.6 Å². The molecule has 0 radical (unpaired) electrons.